The molecule has 0 saturated heterocycles. The summed E-state index contributed by atoms with van der Waals surface area (Å²) >= 11 is 1.56. The highest BCUT2D eigenvalue weighted by Crippen LogP contribution is 2.40. The van der Waals surface area contributed by atoms with E-state index >= 15 is 0 Å². The van der Waals surface area contributed by atoms with Crippen molar-refractivity contribution >= 4 is 17.5 Å². The molecule has 0 aliphatic carbocycles. The molecule has 0 aliphatic rings. The monoisotopic (exact) mass is 529 g/mol. The third kappa shape index (κ3) is 7.67. The molecule has 10 heteroatoms. The van der Waals surface area contributed by atoms with Gasteiger partial charge >= 0.3 is 12.5 Å². The Labute approximate surface area is 215 Å². The van der Waals surface area contributed by atoms with Gasteiger partial charge in [-0.15, -0.1) is 24.5 Å². The number of aromatic nitrogens is 1. The van der Waals surface area contributed by atoms with Gasteiger partial charge in [-0.05, 0) is 43.2 Å². The molecule has 0 fully saturated rings. The molecular formula is C27H22F3NO5S. The molecule has 2 aromatic carbocycles. The van der Waals surface area contributed by atoms with Crippen LogP contribution in [0.2, 0.25) is 0 Å². The van der Waals surface area contributed by atoms with E-state index in [2.05, 4.69) is 9.72 Å². The molecule has 2 aromatic heterocycles. The van der Waals surface area contributed by atoms with Crippen LogP contribution in [0.25, 0.3) is 21.6 Å². The second-order valence-corrected chi connectivity index (χ2v) is 8.89. The maximum absolute atomic E-state index is 12.5. The first-order valence-electron chi connectivity index (χ1n) is 10.8. The summed E-state index contributed by atoms with van der Waals surface area (Å²) in [6.45, 7) is 4.30. The third-order valence-electron chi connectivity index (χ3n) is 5.13. The lowest BCUT2D eigenvalue weighted by Crippen LogP contribution is -2.17. The summed E-state index contributed by atoms with van der Waals surface area (Å²) in [6, 6.07) is 18.5. The van der Waals surface area contributed by atoms with E-state index in [0.29, 0.717) is 17.9 Å². The van der Waals surface area contributed by atoms with E-state index < -0.39 is 12.2 Å². The smallest absolute Gasteiger partial charge is 0.496 e. The Kier molecular flexibility index (Phi) is 9.05. The van der Waals surface area contributed by atoms with Crippen molar-refractivity contribution in [1.82, 2.24) is 4.98 Å². The van der Waals surface area contributed by atoms with Gasteiger partial charge in [-0.25, -0.2) is 4.98 Å². The lowest BCUT2D eigenvalue weighted by atomic mass is 10.0. The Morgan fingerprint density at radius 2 is 1.62 bits per heavy atom. The van der Waals surface area contributed by atoms with Gasteiger partial charge in [0.25, 0.3) is 0 Å². The molecule has 0 bridgehead atoms. The van der Waals surface area contributed by atoms with Crippen LogP contribution in [0.1, 0.15) is 16.0 Å². The highest BCUT2D eigenvalue weighted by Gasteiger charge is 2.31. The van der Waals surface area contributed by atoms with E-state index in [1.54, 1.807) is 24.5 Å². The molecule has 2 heterocycles. The zero-order valence-electron chi connectivity index (χ0n) is 20.1. The van der Waals surface area contributed by atoms with Crippen molar-refractivity contribution in [3.05, 3.63) is 82.9 Å². The van der Waals surface area contributed by atoms with Crippen molar-refractivity contribution in [1.29, 1.82) is 0 Å². The Balaban J connectivity index is 0.00000121. The van der Waals surface area contributed by atoms with E-state index in [9.17, 15) is 13.2 Å². The molecule has 0 saturated carbocycles. The quantitative estimate of drug-likeness (QED) is 0.257. The van der Waals surface area contributed by atoms with E-state index in [1.165, 1.54) is 12.3 Å². The number of aryl methyl sites for hydroxylation is 2. The molecule has 0 aliphatic heterocycles. The Morgan fingerprint density at radius 3 is 2.22 bits per heavy atom. The van der Waals surface area contributed by atoms with Crippen LogP contribution in [0.15, 0.2) is 66.9 Å². The van der Waals surface area contributed by atoms with Crippen molar-refractivity contribution in [2.75, 3.05) is 7.11 Å². The van der Waals surface area contributed by atoms with Gasteiger partial charge in [0.05, 0.1) is 7.11 Å². The predicted octanol–water partition coefficient (Wildman–Crippen LogP) is 7.00. The zero-order valence-corrected chi connectivity index (χ0v) is 20.9. The summed E-state index contributed by atoms with van der Waals surface area (Å²) in [4.78, 5) is 22.0. The van der Waals surface area contributed by atoms with Gasteiger partial charge in [0, 0.05) is 39.2 Å². The Morgan fingerprint density at radius 1 is 0.946 bits per heavy atom. The molecule has 0 radical (unpaired) electrons. The number of thiophene rings is 1. The number of halogens is 3. The van der Waals surface area contributed by atoms with E-state index in [0.717, 1.165) is 37.8 Å². The van der Waals surface area contributed by atoms with Crippen LogP contribution >= 0.6 is 11.3 Å². The average Bonchev–Trinajstić information content (AvgIpc) is 3.28. The van der Waals surface area contributed by atoms with Crippen LogP contribution in [0.5, 0.6) is 17.4 Å². The number of pyridine rings is 1. The van der Waals surface area contributed by atoms with Crippen molar-refractivity contribution in [2.45, 2.75) is 26.8 Å². The van der Waals surface area contributed by atoms with Crippen LogP contribution in [0, 0.1) is 13.8 Å². The van der Waals surface area contributed by atoms with Gasteiger partial charge in [-0.3, -0.25) is 0 Å². The maximum Gasteiger partial charge on any atom is 0.574 e. The first-order chi connectivity index (χ1) is 17.6. The summed E-state index contributed by atoms with van der Waals surface area (Å²) in [6.07, 6.45) is -3.15. The number of methoxy groups -OCH3 is 1. The number of hydrogen-bond donors (Lipinski definition) is 0. The molecule has 4 aromatic rings. The molecule has 6 nitrogen and oxygen atoms in total. The maximum atomic E-state index is 12.5. The fraction of sp³-hybridized carbons (Fsp3) is 0.185. The molecule has 0 amide bonds. The minimum atomic E-state index is -4.78. The molecule has 0 N–H and O–H groups in total. The molecule has 0 unspecified atom stereocenters. The number of nitrogens with zero attached hydrogens (tertiary/aromatic N) is 1. The van der Waals surface area contributed by atoms with Crippen LogP contribution in [-0.4, -0.2) is 24.6 Å². The first-order valence-corrected chi connectivity index (χ1v) is 11.6. The summed E-state index contributed by atoms with van der Waals surface area (Å²) in [5, 5.41) is 0. The highest BCUT2D eigenvalue weighted by molar-refractivity contribution is 7.16. The number of ether oxygens (including phenoxy) is 3. The van der Waals surface area contributed by atoms with Crippen molar-refractivity contribution in [2.24, 2.45) is 0 Å². The molecular weight excluding hydrogens is 507 g/mol. The Hall–Kier alpha value is -4.14. The number of rotatable bonds is 7. The largest absolute Gasteiger partial charge is 0.574 e. The minimum absolute atomic E-state index is 0.250. The summed E-state index contributed by atoms with van der Waals surface area (Å²) in [7, 11) is 1.62. The van der Waals surface area contributed by atoms with Gasteiger partial charge in [-0.2, -0.15) is 9.59 Å². The predicted molar refractivity (Wildman–Crippen MR) is 131 cm³/mol. The molecule has 192 valence electrons. The SMILES string of the molecule is COc1cc(OCc2cc(-c3ccc(OC(F)(F)F)nc3)c(-c3ccc(C)cc3)s2)ccc1C.O=C=O. The van der Waals surface area contributed by atoms with Gasteiger partial charge < -0.3 is 14.2 Å². The zero-order chi connectivity index (χ0) is 27.0. The molecule has 0 spiro atoms. The average molecular weight is 530 g/mol. The molecule has 0 atom stereocenters. The van der Waals surface area contributed by atoms with E-state index in [1.807, 2.05) is 62.4 Å². The summed E-state index contributed by atoms with van der Waals surface area (Å²) in [5.41, 5.74) is 4.70. The van der Waals surface area contributed by atoms with Crippen molar-refractivity contribution in [3.63, 3.8) is 0 Å². The summed E-state index contributed by atoms with van der Waals surface area (Å²) < 4.78 is 52.8. The number of alkyl halides is 3. The van der Waals surface area contributed by atoms with Crippen molar-refractivity contribution in [3.8, 4) is 38.9 Å². The van der Waals surface area contributed by atoms with E-state index in [-0.39, 0.29) is 6.15 Å². The fourth-order valence-corrected chi connectivity index (χ4v) is 4.51. The van der Waals surface area contributed by atoms with Crippen LogP contribution < -0.4 is 14.2 Å². The second kappa shape index (κ2) is 12.2. The van der Waals surface area contributed by atoms with E-state index in [4.69, 9.17) is 19.1 Å². The summed E-state index contributed by atoms with van der Waals surface area (Å²) in [5.74, 6) is 0.932. The van der Waals surface area contributed by atoms with Crippen molar-refractivity contribution < 1.29 is 37.0 Å². The Bertz CT molecular complexity index is 1360. The highest BCUT2D eigenvalue weighted by atomic mass is 32.1. The number of hydrogen-bond acceptors (Lipinski definition) is 7. The first kappa shape index (κ1) is 27.4. The van der Waals surface area contributed by atoms with Gasteiger partial charge in [-0.1, -0.05) is 35.9 Å². The molecule has 37 heavy (non-hydrogen) atoms. The number of benzene rings is 2. The normalized spacial score (nSPS) is 10.6. The van der Waals surface area contributed by atoms with Gasteiger partial charge in [0.15, 0.2) is 0 Å². The lowest BCUT2D eigenvalue weighted by Gasteiger charge is -2.09. The number of carbonyl (C=O) groups excluding carboxylic acids is 2. The molecule has 4 rings (SSSR count). The van der Waals surface area contributed by atoms with Gasteiger partial charge in [0.1, 0.15) is 18.1 Å². The lowest BCUT2D eigenvalue weighted by molar-refractivity contribution is -0.276. The van der Waals surface area contributed by atoms with Crippen LogP contribution in [-0.2, 0) is 16.2 Å². The van der Waals surface area contributed by atoms with Crippen LogP contribution in [0.3, 0.4) is 0 Å². The minimum Gasteiger partial charge on any atom is -0.496 e. The fourth-order valence-electron chi connectivity index (χ4n) is 3.41. The standard InChI is InChI=1S/C26H22F3NO3S.CO2/c1-16-4-7-18(8-5-16)25-22(19-9-11-24(30-14-19)33-26(27,28)29)13-21(34-25)15-32-20-10-6-17(2)23(12-20)31-3;2-1-3/h4-14H,15H2,1-3H3;. The van der Waals surface area contributed by atoms with Crippen LogP contribution in [0.4, 0.5) is 13.2 Å². The van der Waals surface area contributed by atoms with Gasteiger partial charge in [0.2, 0.25) is 5.88 Å². The third-order valence-corrected chi connectivity index (χ3v) is 6.28. The topological polar surface area (TPSA) is 74.7 Å². The second-order valence-electron chi connectivity index (χ2n) is 7.76.